The summed E-state index contributed by atoms with van der Waals surface area (Å²) in [7, 11) is 0. The van der Waals surface area contributed by atoms with Crippen molar-refractivity contribution in [3.63, 3.8) is 0 Å². The van der Waals surface area contributed by atoms with Crippen LogP contribution >= 0.6 is 23.2 Å². The van der Waals surface area contributed by atoms with Gasteiger partial charge in [-0.25, -0.2) is 13.8 Å². The van der Waals surface area contributed by atoms with E-state index in [2.05, 4.69) is 10.3 Å². The lowest BCUT2D eigenvalue weighted by Crippen LogP contribution is -2.48. The lowest BCUT2D eigenvalue weighted by molar-refractivity contribution is 0.522. The lowest BCUT2D eigenvalue weighted by Gasteiger charge is -2.28. The summed E-state index contributed by atoms with van der Waals surface area (Å²) in [6, 6.07) is 17.0. The molecule has 0 radical (unpaired) electrons. The Hall–Kier alpha value is -3.46. The van der Waals surface area contributed by atoms with Gasteiger partial charge in [0.2, 0.25) is 0 Å². The van der Waals surface area contributed by atoms with E-state index < -0.39 is 5.82 Å². The fourth-order valence-electron chi connectivity index (χ4n) is 3.64. The van der Waals surface area contributed by atoms with Crippen molar-refractivity contribution in [1.82, 2.24) is 14.9 Å². The Balaban J connectivity index is 0.000000168. The number of aromatic nitrogens is 2. The van der Waals surface area contributed by atoms with Crippen molar-refractivity contribution >= 4 is 39.8 Å². The zero-order valence-electron chi connectivity index (χ0n) is 18.5. The van der Waals surface area contributed by atoms with Gasteiger partial charge in [-0.1, -0.05) is 41.4 Å². The molecule has 1 aliphatic rings. The molecule has 0 amide bonds. The molecule has 10 heteroatoms. The monoisotopic (exact) mass is 515 g/mol. The molecule has 0 saturated heterocycles. The van der Waals surface area contributed by atoms with Crippen molar-refractivity contribution in [2.75, 3.05) is 4.90 Å². The molecule has 0 spiro atoms. The molecule has 180 valence electrons. The first-order valence-corrected chi connectivity index (χ1v) is 11.4. The van der Waals surface area contributed by atoms with Crippen molar-refractivity contribution in [1.29, 1.82) is 0 Å². The zero-order valence-corrected chi connectivity index (χ0v) is 20.0. The second-order valence-corrected chi connectivity index (χ2v) is 8.66. The third kappa shape index (κ3) is 5.45. The Morgan fingerprint density at radius 1 is 1.00 bits per heavy atom. The molecular formula is C25H21Cl2F2N5O. The number of anilines is 1. The average molecular weight is 516 g/mol. The molecule has 0 aliphatic carbocycles. The summed E-state index contributed by atoms with van der Waals surface area (Å²) in [5.41, 5.74) is 7.18. The number of nitrogens with two attached hydrogens (primary N) is 1. The first-order valence-electron chi connectivity index (χ1n) is 10.6. The maximum absolute atomic E-state index is 13.2. The molecule has 3 N–H and O–H groups in total. The van der Waals surface area contributed by atoms with Crippen LogP contribution in [-0.4, -0.2) is 21.8 Å². The number of fused-ring (bicyclic) bond motifs is 1. The molecule has 0 saturated carbocycles. The number of rotatable bonds is 3. The molecule has 2 heterocycles. The van der Waals surface area contributed by atoms with Crippen LogP contribution in [0.2, 0.25) is 5.02 Å². The topological polar surface area (TPSA) is 76.2 Å². The highest BCUT2D eigenvalue weighted by molar-refractivity contribution is 6.35. The van der Waals surface area contributed by atoms with Gasteiger partial charge in [0.15, 0.2) is 0 Å². The normalized spacial score (nSPS) is 15.8. The minimum Gasteiger partial charge on any atom is -0.353 e. The van der Waals surface area contributed by atoms with Crippen LogP contribution in [-0.2, 0) is 0 Å². The van der Waals surface area contributed by atoms with Gasteiger partial charge in [-0.05, 0) is 55.5 Å². The molecule has 1 unspecified atom stereocenters. The Kier molecular flexibility index (Phi) is 7.35. The Morgan fingerprint density at radius 2 is 1.63 bits per heavy atom. The number of halogens is 4. The molecule has 6 nitrogen and oxygen atoms in total. The van der Waals surface area contributed by atoms with Gasteiger partial charge < -0.3 is 16.0 Å². The Bertz CT molecular complexity index is 1460. The maximum Gasteiger partial charge on any atom is 0.267 e. The van der Waals surface area contributed by atoms with Crippen LogP contribution in [0.5, 0.6) is 0 Å². The smallest absolute Gasteiger partial charge is 0.267 e. The van der Waals surface area contributed by atoms with Crippen LogP contribution in [0.1, 0.15) is 6.92 Å². The fourth-order valence-corrected chi connectivity index (χ4v) is 4.11. The predicted octanol–water partition coefficient (Wildman–Crippen LogP) is 5.12. The summed E-state index contributed by atoms with van der Waals surface area (Å²) in [6.45, 7) is 1.87. The highest BCUT2D eigenvalue weighted by Crippen LogP contribution is 2.25. The van der Waals surface area contributed by atoms with E-state index in [1.807, 2.05) is 17.9 Å². The maximum atomic E-state index is 13.2. The van der Waals surface area contributed by atoms with Crippen molar-refractivity contribution in [2.45, 2.75) is 19.1 Å². The van der Waals surface area contributed by atoms with E-state index >= 15 is 0 Å². The number of benzene rings is 3. The number of nitrogens with zero attached hydrogens (tertiary/aromatic N) is 3. The highest BCUT2D eigenvalue weighted by atomic mass is 35.5. The van der Waals surface area contributed by atoms with Gasteiger partial charge in [-0.2, -0.15) is 0 Å². The number of nitrogens with one attached hydrogen (secondary N) is 1. The van der Waals surface area contributed by atoms with E-state index in [0.717, 1.165) is 5.69 Å². The lowest BCUT2D eigenvalue weighted by atomic mass is 10.2. The molecule has 4 aromatic rings. The van der Waals surface area contributed by atoms with E-state index in [4.69, 9.17) is 28.9 Å². The predicted molar refractivity (Wildman–Crippen MR) is 136 cm³/mol. The van der Waals surface area contributed by atoms with Gasteiger partial charge in [0.05, 0.1) is 21.6 Å². The summed E-state index contributed by atoms with van der Waals surface area (Å²) in [6.07, 6.45) is 2.94. The molecule has 1 aromatic heterocycles. The third-order valence-corrected chi connectivity index (χ3v) is 5.79. The second-order valence-electron chi connectivity index (χ2n) is 7.85. The van der Waals surface area contributed by atoms with E-state index in [0.29, 0.717) is 26.8 Å². The van der Waals surface area contributed by atoms with E-state index in [1.165, 1.54) is 41.2 Å². The quantitative estimate of drug-likeness (QED) is 0.370. The van der Waals surface area contributed by atoms with Gasteiger partial charge >= 0.3 is 0 Å². The van der Waals surface area contributed by atoms with Crippen LogP contribution in [0.4, 0.5) is 14.5 Å². The summed E-state index contributed by atoms with van der Waals surface area (Å²) >= 11 is 11.9. The number of hydrogen-bond acceptors (Lipinski definition) is 5. The second kappa shape index (κ2) is 10.4. The first-order chi connectivity index (χ1) is 16.7. The minimum absolute atomic E-state index is 0.129. The van der Waals surface area contributed by atoms with Gasteiger partial charge in [-0.3, -0.25) is 9.36 Å². The molecule has 1 aliphatic heterocycles. The van der Waals surface area contributed by atoms with E-state index in [9.17, 15) is 13.6 Å². The van der Waals surface area contributed by atoms with Crippen molar-refractivity contribution in [2.24, 2.45) is 5.73 Å². The molecular weight excluding hydrogens is 495 g/mol. The van der Waals surface area contributed by atoms with Crippen molar-refractivity contribution in [3.8, 4) is 5.69 Å². The standard InChI is InChI=1S/C14H8ClFN2O.C11H13ClFN3/c15-11-5-2-6-12-13(11)14(19)18(8-17-12)10-4-1-3-9(16)7-10;1-7(14)11-15-10(12)6-16(11)9-4-2-3-8(13)5-9/h1-8H;2-7,11,15H,14H2,1H3/t;7?,11-/m.0/s1. The molecule has 2 atom stereocenters. The van der Waals surface area contributed by atoms with Crippen LogP contribution in [0.15, 0.2) is 89.2 Å². The van der Waals surface area contributed by atoms with Gasteiger partial charge in [-0.15, -0.1) is 0 Å². The van der Waals surface area contributed by atoms with Crippen LogP contribution in [0.3, 0.4) is 0 Å². The Morgan fingerprint density at radius 3 is 2.29 bits per heavy atom. The SMILES string of the molecule is CC(N)[C@H]1NC(Cl)=CN1c1cccc(F)c1.O=c1c2c(Cl)cccc2ncn1-c1cccc(F)c1. The third-order valence-electron chi connectivity index (χ3n) is 5.27. The summed E-state index contributed by atoms with van der Waals surface area (Å²) in [5, 5.41) is 4.20. The molecule has 0 fully saturated rings. The molecule has 35 heavy (non-hydrogen) atoms. The zero-order chi connectivity index (χ0) is 25.1. The Labute approximate surface area is 210 Å². The van der Waals surface area contributed by atoms with Crippen LogP contribution in [0, 0.1) is 11.6 Å². The van der Waals surface area contributed by atoms with E-state index in [1.54, 1.807) is 36.5 Å². The van der Waals surface area contributed by atoms with Crippen LogP contribution < -0.4 is 21.5 Å². The van der Waals surface area contributed by atoms with Gasteiger partial charge in [0.25, 0.3) is 5.56 Å². The number of hydrogen-bond donors (Lipinski definition) is 2. The van der Waals surface area contributed by atoms with Crippen molar-refractivity contribution < 1.29 is 8.78 Å². The first kappa shape index (κ1) is 24.7. The van der Waals surface area contributed by atoms with Gasteiger partial charge in [0.1, 0.15) is 29.3 Å². The fraction of sp³-hybridized carbons (Fsp3) is 0.120. The van der Waals surface area contributed by atoms with Crippen LogP contribution in [0.25, 0.3) is 16.6 Å². The molecule has 3 aromatic carbocycles. The van der Waals surface area contributed by atoms with E-state index in [-0.39, 0.29) is 23.6 Å². The summed E-state index contributed by atoms with van der Waals surface area (Å²) in [4.78, 5) is 18.4. The average Bonchev–Trinajstić information content (AvgIpc) is 3.22. The van der Waals surface area contributed by atoms with Crippen molar-refractivity contribution in [3.05, 3.63) is 111 Å². The molecule has 5 rings (SSSR count). The summed E-state index contributed by atoms with van der Waals surface area (Å²) < 4.78 is 27.6. The highest BCUT2D eigenvalue weighted by Gasteiger charge is 2.27. The molecule has 0 bridgehead atoms. The minimum atomic E-state index is -0.413. The largest absolute Gasteiger partial charge is 0.353 e. The summed E-state index contributed by atoms with van der Waals surface area (Å²) in [5.74, 6) is -0.694. The van der Waals surface area contributed by atoms with Gasteiger partial charge in [0, 0.05) is 17.9 Å².